The molecule has 3 nitrogen and oxygen atoms in total. The Morgan fingerprint density at radius 2 is 1.58 bits per heavy atom. The lowest BCUT2D eigenvalue weighted by Gasteiger charge is -2.32. The molecular formula is C21H28N2O. The van der Waals surface area contributed by atoms with Gasteiger partial charge in [-0.3, -0.25) is 4.90 Å². The molecule has 1 saturated heterocycles. The Balaban J connectivity index is 1.27. The van der Waals surface area contributed by atoms with E-state index in [1.165, 1.54) is 31.5 Å². The van der Waals surface area contributed by atoms with Gasteiger partial charge in [-0.15, -0.1) is 0 Å². The van der Waals surface area contributed by atoms with Gasteiger partial charge in [0, 0.05) is 13.1 Å². The molecule has 1 aliphatic rings. The fourth-order valence-corrected chi connectivity index (χ4v) is 3.24. The maximum atomic E-state index is 5.80. The molecule has 24 heavy (non-hydrogen) atoms. The lowest BCUT2D eigenvalue weighted by molar-refractivity contribution is 0.154. The van der Waals surface area contributed by atoms with Crippen molar-refractivity contribution in [3.05, 3.63) is 66.2 Å². The molecule has 1 heterocycles. The van der Waals surface area contributed by atoms with Crippen LogP contribution in [0, 0.1) is 5.92 Å². The van der Waals surface area contributed by atoms with Gasteiger partial charge >= 0.3 is 0 Å². The van der Waals surface area contributed by atoms with Crippen LogP contribution >= 0.6 is 0 Å². The molecule has 3 heteroatoms. The van der Waals surface area contributed by atoms with E-state index in [9.17, 15) is 0 Å². The normalized spacial score (nSPS) is 16.2. The summed E-state index contributed by atoms with van der Waals surface area (Å²) in [6.45, 7) is 6.29. The van der Waals surface area contributed by atoms with Crippen LogP contribution in [0.4, 0.5) is 0 Å². The Hall–Kier alpha value is -1.84. The zero-order valence-corrected chi connectivity index (χ0v) is 14.4. The van der Waals surface area contributed by atoms with Crippen LogP contribution in [-0.2, 0) is 6.54 Å². The maximum absolute atomic E-state index is 5.80. The van der Waals surface area contributed by atoms with Gasteiger partial charge in [0.15, 0.2) is 0 Å². The van der Waals surface area contributed by atoms with Crippen LogP contribution < -0.4 is 10.1 Å². The molecule has 0 unspecified atom stereocenters. The van der Waals surface area contributed by atoms with E-state index in [2.05, 4.69) is 40.5 Å². The van der Waals surface area contributed by atoms with Crippen molar-refractivity contribution < 1.29 is 4.74 Å². The molecule has 2 aromatic rings. The highest BCUT2D eigenvalue weighted by Crippen LogP contribution is 2.16. The molecule has 2 aromatic carbocycles. The van der Waals surface area contributed by atoms with E-state index in [0.717, 1.165) is 37.9 Å². The molecule has 0 aliphatic carbocycles. The maximum Gasteiger partial charge on any atom is 0.119 e. The monoisotopic (exact) mass is 324 g/mol. The molecule has 0 bridgehead atoms. The summed E-state index contributed by atoms with van der Waals surface area (Å²) in [5.41, 5.74) is 1.37. The van der Waals surface area contributed by atoms with Gasteiger partial charge in [-0.1, -0.05) is 48.5 Å². The largest absolute Gasteiger partial charge is 0.492 e. The van der Waals surface area contributed by atoms with Crippen molar-refractivity contribution in [2.24, 2.45) is 5.92 Å². The van der Waals surface area contributed by atoms with Gasteiger partial charge in [0.25, 0.3) is 0 Å². The van der Waals surface area contributed by atoms with Crippen LogP contribution in [0.2, 0.25) is 0 Å². The topological polar surface area (TPSA) is 24.5 Å². The number of benzene rings is 2. The van der Waals surface area contributed by atoms with Crippen LogP contribution in [0.1, 0.15) is 18.4 Å². The number of para-hydroxylation sites is 1. The van der Waals surface area contributed by atoms with Gasteiger partial charge in [-0.25, -0.2) is 0 Å². The molecule has 0 radical (unpaired) electrons. The smallest absolute Gasteiger partial charge is 0.119 e. The fourth-order valence-electron chi connectivity index (χ4n) is 3.24. The highest BCUT2D eigenvalue weighted by molar-refractivity contribution is 5.20. The summed E-state index contributed by atoms with van der Waals surface area (Å²) in [6.07, 6.45) is 2.57. The molecule has 0 spiro atoms. The van der Waals surface area contributed by atoms with Gasteiger partial charge in [0.2, 0.25) is 0 Å². The molecule has 0 aromatic heterocycles. The van der Waals surface area contributed by atoms with E-state index < -0.39 is 0 Å². The fraction of sp³-hybridized carbons (Fsp3) is 0.429. The third-order valence-corrected chi connectivity index (χ3v) is 4.73. The number of nitrogens with zero attached hydrogens (tertiary/aromatic N) is 1. The summed E-state index contributed by atoms with van der Waals surface area (Å²) < 4.78 is 5.80. The van der Waals surface area contributed by atoms with Crippen LogP contribution in [0.15, 0.2) is 60.7 Å². The average molecular weight is 324 g/mol. The molecule has 0 saturated carbocycles. The standard InChI is InChI=1S/C21H28N2O/c1-3-7-19(8-4-1)17-22-18-20-11-13-23(14-12-20)15-16-24-21-9-5-2-6-10-21/h1-10,20,22H,11-18H2. The minimum Gasteiger partial charge on any atom is -0.492 e. The Kier molecular flexibility index (Phi) is 6.70. The third-order valence-electron chi connectivity index (χ3n) is 4.73. The quantitative estimate of drug-likeness (QED) is 0.803. The van der Waals surface area contributed by atoms with Crippen LogP contribution in [0.3, 0.4) is 0 Å². The highest BCUT2D eigenvalue weighted by Gasteiger charge is 2.18. The predicted octanol–water partition coefficient (Wildman–Crippen LogP) is 3.57. The number of nitrogens with one attached hydrogen (secondary N) is 1. The van der Waals surface area contributed by atoms with Gasteiger partial charge in [-0.2, -0.15) is 0 Å². The first-order valence-electron chi connectivity index (χ1n) is 9.05. The number of piperidine rings is 1. The lowest BCUT2D eigenvalue weighted by Crippen LogP contribution is -2.39. The van der Waals surface area contributed by atoms with Gasteiger partial charge in [0.1, 0.15) is 12.4 Å². The summed E-state index contributed by atoms with van der Waals surface area (Å²) in [4.78, 5) is 2.52. The first-order chi connectivity index (χ1) is 11.9. The molecule has 128 valence electrons. The summed E-state index contributed by atoms with van der Waals surface area (Å²) in [6, 6.07) is 20.7. The van der Waals surface area contributed by atoms with Crippen LogP contribution in [-0.4, -0.2) is 37.7 Å². The Labute approximate surface area is 145 Å². The molecule has 1 aliphatic heterocycles. The van der Waals surface area contributed by atoms with Crippen molar-refractivity contribution in [1.29, 1.82) is 0 Å². The van der Waals surface area contributed by atoms with Crippen molar-refractivity contribution in [3.8, 4) is 5.75 Å². The second-order valence-electron chi connectivity index (χ2n) is 6.56. The Bertz CT molecular complexity index is 511. The second-order valence-corrected chi connectivity index (χ2v) is 6.56. The molecule has 0 atom stereocenters. The van der Waals surface area contributed by atoms with Crippen molar-refractivity contribution in [3.63, 3.8) is 0 Å². The van der Waals surface area contributed by atoms with E-state index >= 15 is 0 Å². The van der Waals surface area contributed by atoms with E-state index in [4.69, 9.17) is 4.74 Å². The second kappa shape index (κ2) is 9.45. The van der Waals surface area contributed by atoms with Crippen molar-refractivity contribution in [1.82, 2.24) is 10.2 Å². The Morgan fingerprint density at radius 3 is 2.29 bits per heavy atom. The SMILES string of the molecule is c1ccc(CNCC2CCN(CCOc3ccccc3)CC2)cc1. The number of likely N-dealkylation sites (tertiary alicyclic amines) is 1. The van der Waals surface area contributed by atoms with E-state index in [1.807, 2.05) is 30.3 Å². The van der Waals surface area contributed by atoms with Crippen LogP contribution in [0.25, 0.3) is 0 Å². The van der Waals surface area contributed by atoms with Crippen molar-refractivity contribution in [2.45, 2.75) is 19.4 Å². The molecule has 1 N–H and O–H groups in total. The summed E-state index contributed by atoms with van der Waals surface area (Å²) in [5, 5.41) is 3.61. The number of ether oxygens (including phenoxy) is 1. The Morgan fingerprint density at radius 1 is 0.917 bits per heavy atom. The van der Waals surface area contributed by atoms with E-state index in [1.54, 1.807) is 0 Å². The van der Waals surface area contributed by atoms with Crippen molar-refractivity contribution >= 4 is 0 Å². The van der Waals surface area contributed by atoms with Crippen LogP contribution in [0.5, 0.6) is 5.75 Å². The minimum atomic E-state index is 0.779. The first kappa shape index (κ1) is 17.0. The molecular weight excluding hydrogens is 296 g/mol. The number of hydrogen-bond donors (Lipinski definition) is 1. The van der Waals surface area contributed by atoms with Gasteiger partial charge < -0.3 is 10.1 Å². The van der Waals surface area contributed by atoms with E-state index in [-0.39, 0.29) is 0 Å². The van der Waals surface area contributed by atoms with Gasteiger partial charge in [-0.05, 0) is 56.1 Å². The predicted molar refractivity (Wildman–Crippen MR) is 99.2 cm³/mol. The first-order valence-corrected chi connectivity index (χ1v) is 9.05. The minimum absolute atomic E-state index is 0.779. The lowest BCUT2D eigenvalue weighted by atomic mass is 9.97. The summed E-state index contributed by atoms with van der Waals surface area (Å²) >= 11 is 0. The third kappa shape index (κ3) is 5.66. The summed E-state index contributed by atoms with van der Waals surface area (Å²) in [7, 11) is 0. The zero-order valence-electron chi connectivity index (χ0n) is 14.4. The zero-order chi connectivity index (χ0) is 16.5. The molecule has 1 fully saturated rings. The van der Waals surface area contributed by atoms with E-state index in [0.29, 0.717) is 0 Å². The average Bonchev–Trinajstić information content (AvgIpc) is 2.65. The molecule has 0 amide bonds. The highest BCUT2D eigenvalue weighted by atomic mass is 16.5. The number of hydrogen-bond acceptors (Lipinski definition) is 3. The van der Waals surface area contributed by atoms with Gasteiger partial charge in [0.05, 0.1) is 0 Å². The molecule has 3 rings (SSSR count). The summed E-state index contributed by atoms with van der Waals surface area (Å²) in [5.74, 6) is 1.78. The number of rotatable bonds is 8. The van der Waals surface area contributed by atoms with Crippen molar-refractivity contribution in [2.75, 3.05) is 32.8 Å².